The van der Waals surface area contributed by atoms with E-state index < -0.39 is 0 Å². The number of nitrogens with zero attached hydrogens (tertiary/aromatic N) is 3. The molecule has 0 bridgehead atoms. The fourth-order valence-corrected chi connectivity index (χ4v) is 10.9. The zero-order valence-corrected chi connectivity index (χ0v) is 32.1. The van der Waals surface area contributed by atoms with Crippen molar-refractivity contribution >= 4 is 37.1 Å². The molecule has 2 aromatic heterocycles. The van der Waals surface area contributed by atoms with Crippen molar-refractivity contribution in [2.24, 2.45) is 5.92 Å². The summed E-state index contributed by atoms with van der Waals surface area (Å²) in [5, 5.41) is 2.54. The lowest BCUT2D eigenvalue weighted by molar-refractivity contribution is 0.738. The fourth-order valence-electron chi connectivity index (χ4n) is 9.71. The van der Waals surface area contributed by atoms with E-state index in [1.807, 2.05) is 11.3 Å². The van der Waals surface area contributed by atoms with Crippen LogP contribution in [0.25, 0.3) is 81.9 Å². The van der Waals surface area contributed by atoms with Crippen LogP contribution in [-0.4, -0.2) is 15.0 Å². The molecule has 1 spiro atoms. The summed E-state index contributed by atoms with van der Waals surface area (Å²) in [6.07, 6.45) is 7.65. The summed E-state index contributed by atoms with van der Waals surface area (Å²) in [4.78, 5) is 15.7. The van der Waals surface area contributed by atoms with Gasteiger partial charge in [0, 0.05) is 36.9 Å². The van der Waals surface area contributed by atoms with Crippen LogP contribution in [0.3, 0.4) is 0 Å². The molecule has 0 N–H and O–H groups in total. The molecule has 3 nitrogen and oxygen atoms in total. The smallest absolute Gasteiger partial charge is 0.164 e. The van der Waals surface area contributed by atoms with Gasteiger partial charge in [0.1, 0.15) is 0 Å². The molecule has 0 saturated heterocycles. The lowest BCUT2D eigenvalue weighted by Crippen LogP contribution is -2.25. The van der Waals surface area contributed by atoms with E-state index in [1.165, 1.54) is 64.7 Å². The van der Waals surface area contributed by atoms with Crippen molar-refractivity contribution in [3.63, 3.8) is 0 Å². The van der Waals surface area contributed by atoms with Crippen molar-refractivity contribution in [3.8, 4) is 56.2 Å². The maximum atomic E-state index is 5.28. The Balaban J connectivity index is 1.04. The molecular weight excluding hydrogens is 711 g/mol. The molecule has 0 aliphatic heterocycles. The van der Waals surface area contributed by atoms with Crippen LogP contribution in [0.5, 0.6) is 0 Å². The second kappa shape index (κ2) is 12.4. The molecular formula is C53H35N3S. The van der Waals surface area contributed by atoms with E-state index in [4.69, 9.17) is 15.0 Å². The molecule has 0 saturated carbocycles. The summed E-state index contributed by atoms with van der Waals surface area (Å²) < 4.78 is 2.51. The van der Waals surface area contributed by atoms with Crippen molar-refractivity contribution in [3.05, 3.63) is 204 Å². The Kier molecular flexibility index (Phi) is 7.05. The normalized spacial score (nSPS) is 15.7. The largest absolute Gasteiger partial charge is 0.208 e. The van der Waals surface area contributed by atoms with E-state index in [0.29, 0.717) is 23.4 Å². The minimum Gasteiger partial charge on any atom is -0.208 e. The van der Waals surface area contributed by atoms with E-state index >= 15 is 0 Å². The maximum Gasteiger partial charge on any atom is 0.164 e. The van der Waals surface area contributed by atoms with Crippen molar-refractivity contribution in [2.45, 2.75) is 18.8 Å². The standard InChI is InChI=1S/C53H35N3S/c1-32-22-24-33(25-23-32)50-54-51(35-26-28-41-40-16-7-11-21-48(40)57-49(41)31-35)56-52(55-50)42-17-3-2-12-36(42)34-27-29-47-43(30-34)39-15-6-10-20-46(39)53(47)44-18-8-4-13-37(44)38-14-5-9-19-45(38)53/h2-22,24-32H,23H2,1H3. The molecule has 0 fully saturated rings. The highest BCUT2D eigenvalue weighted by Gasteiger charge is 2.51. The van der Waals surface area contributed by atoms with Gasteiger partial charge < -0.3 is 0 Å². The van der Waals surface area contributed by atoms with Gasteiger partial charge in [-0.05, 0) is 86.2 Å². The molecule has 1 atom stereocenters. The van der Waals surface area contributed by atoms with Gasteiger partial charge in [-0.15, -0.1) is 11.3 Å². The van der Waals surface area contributed by atoms with Gasteiger partial charge in [0.15, 0.2) is 17.5 Å². The van der Waals surface area contributed by atoms with Gasteiger partial charge in [0.05, 0.1) is 5.41 Å². The average molecular weight is 746 g/mol. The summed E-state index contributed by atoms with van der Waals surface area (Å²) in [7, 11) is 0. The first kappa shape index (κ1) is 32.5. The van der Waals surface area contributed by atoms with Crippen molar-refractivity contribution < 1.29 is 0 Å². The Morgan fingerprint density at radius 1 is 0.474 bits per heavy atom. The van der Waals surface area contributed by atoms with E-state index in [1.54, 1.807) is 0 Å². The lowest BCUT2D eigenvalue weighted by atomic mass is 9.70. The Bertz CT molecular complexity index is 3160. The van der Waals surface area contributed by atoms with Gasteiger partial charge >= 0.3 is 0 Å². The zero-order chi connectivity index (χ0) is 37.7. The molecule has 57 heavy (non-hydrogen) atoms. The van der Waals surface area contributed by atoms with Crippen molar-refractivity contribution in [2.75, 3.05) is 0 Å². The van der Waals surface area contributed by atoms with E-state index in [2.05, 4.69) is 183 Å². The predicted octanol–water partition coefficient (Wildman–Crippen LogP) is 13.6. The van der Waals surface area contributed by atoms with E-state index in [-0.39, 0.29) is 5.41 Å². The summed E-state index contributed by atoms with van der Waals surface area (Å²) in [5.41, 5.74) is 15.4. The van der Waals surface area contributed by atoms with Gasteiger partial charge in [0.2, 0.25) is 0 Å². The van der Waals surface area contributed by atoms with E-state index in [0.717, 1.165) is 34.2 Å². The first-order valence-electron chi connectivity index (χ1n) is 19.8. The van der Waals surface area contributed by atoms with Crippen LogP contribution in [0.4, 0.5) is 0 Å². The van der Waals surface area contributed by atoms with Crippen molar-refractivity contribution in [1.29, 1.82) is 0 Å². The monoisotopic (exact) mass is 745 g/mol. The highest BCUT2D eigenvalue weighted by atomic mass is 32.1. The first-order valence-corrected chi connectivity index (χ1v) is 20.6. The van der Waals surface area contributed by atoms with Crippen LogP contribution in [-0.2, 0) is 5.41 Å². The summed E-state index contributed by atoms with van der Waals surface area (Å²) in [5.74, 6) is 2.54. The maximum absolute atomic E-state index is 5.28. The van der Waals surface area contributed by atoms with Gasteiger partial charge in [-0.1, -0.05) is 165 Å². The summed E-state index contributed by atoms with van der Waals surface area (Å²) in [6.45, 7) is 2.24. The summed E-state index contributed by atoms with van der Waals surface area (Å²) >= 11 is 1.81. The van der Waals surface area contributed by atoms with Crippen LogP contribution in [0.2, 0.25) is 0 Å². The third-order valence-corrected chi connectivity index (χ3v) is 13.5. The predicted molar refractivity (Wildman–Crippen MR) is 236 cm³/mol. The van der Waals surface area contributed by atoms with Crippen LogP contribution >= 0.6 is 11.3 Å². The quantitative estimate of drug-likeness (QED) is 0.180. The minimum absolute atomic E-state index is 0.372. The van der Waals surface area contributed by atoms with Gasteiger partial charge in [-0.2, -0.15) is 0 Å². The van der Waals surface area contributed by atoms with Crippen molar-refractivity contribution in [1.82, 2.24) is 15.0 Å². The minimum atomic E-state index is -0.372. The molecule has 0 radical (unpaired) electrons. The molecule has 7 aromatic carbocycles. The third-order valence-electron chi connectivity index (χ3n) is 12.3. The Labute approximate surface area is 335 Å². The number of thiophene rings is 1. The molecule has 3 aliphatic rings. The number of aromatic nitrogens is 3. The molecule has 12 rings (SSSR count). The Morgan fingerprint density at radius 2 is 1.04 bits per heavy atom. The highest BCUT2D eigenvalue weighted by Crippen LogP contribution is 2.63. The molecule has 2 heterocycles. The number of rotatable bonds is 4. The number of benzene rings is 7. The molecule has 268 valence electrons. The first-order chi connectivity index (χ1) is 28.1. The zero-order valence-electron chi connectivity index (χ0n) is 31.3. The third kappa shape index (κ3) is 4.74. The summed E-state index contributed by atoms with van der Waals surface area (Å²) in [6, 6.07) is 57.9. The second-order valence-corrected chi connectivity index (χ2v) is 16.6. The van der Waals surface area contributed by atoms with Crippen LogP contribution in [0, 0.1) is 5.92 Å². The van der Waals surface area contributed by atoms with Gasteiger partial charge in [-0.25, -0.2) is 15.0 Å². The lowest BCUT2D eigenvalue weighted by Gasteiger charge is -2.30. The van der Waals surface area contributed by atoms with Crippen LogP contribution in [0.15, 0.2) is 176 Å². The SMILES string of the molecule is CC1C=CC(c2nc(-c3ccc4c(c3)sc3ccccc34)nc(-c3ccccc3-c3ccc4c(c3)-c3ccccc3C43c4ccccc4-c4ccccc43)n2)=CC1. The Morgan fingerprint density at radius 3 is 1.75 bits per heavy atom. The molecule has 1 unspecified atom stereocenters. The molecule has 0 amide bonds. The fraction of sp³-hybridized carbons (Fsp3) is 0.0755. The van der Waals surface area contributed by atoms with Crippen LogP contribution in [0.1, 0.15) is 41.4 Å². The Hall–Kier alpha value is -6.75. The van der Waals surface area contributed by atoms with Gasteiger partial charge in [-0.3, -0.25) is 0 Å². The number of hydrogen-bond donors (Lipinski definition) is 0. The topological polar surface area (TPSA) is 38.7 Å². The average Bonchev–Trinajstić information content (AvgIpc) is 3.90. The van der Waals surface area contributed by atoms with Crippen LogP contribution < -0.4 is 0 Å². The second-order valence-electron chi connectivity index (χ2n) is 15.5. The molecule has 9 aromatic rings. The highest BCUT2D eigenvalue weighted by molar-refractivity contribution is 7.25. The van der Waals surface area contributed by atoms with E-state index in [9.17, 15) is 0 Å². The number of hydrogen-bond acceptors (Lipinski definition) is 4. The molecule has 3 aliphatic carbocycles. The van der Waals surface area contributed by atoms with Gasteiger partial charge in [0.25, 0.3) is 0 Å². The molecule has 4 heteroatoms. The number of allylic oxidation sites excluding steroid dienone is 4. The number of fused-ring (bicyclic) bond motifs is 13.